The molecule has 0 aliphatic carbocycles. The molecule has 36 heavy (non-hydrogen) atoms. The summed E-state index contributed by atoms with van der Waals surface area (Å²) in [6, 6.07) is -2.58. The predicted octanol–water partition coefficient (Wildman–Crippen LogP) is 1.72. The number of alkyl carbamates (subject to hydrolysis) is 1. The molecule has 1 aliphatic heterocycles. The Morgan fingerprint density at radius 3 is 2.19 bits per heavy atom. The molecule has 11 nitrogen and oxygen atoms in total. The molecule has 1 saturated heterocycles. The topological polar surface area (TPSA) is 163 Å². The molecule has 5 N–H and O–H groups in total. The van der Waals surface area contributed by atoms with E-state index in [1.165, 1.54) is 6.08 Å². The maximum atomic E-state index is 13.2. The first-order valence-corrected chi connectivity index (χ1v) is 12.4. The van der Waals surface area contributed by atoms with E-state index in [9.17, 15) is 24.0 Å². The van der Waals surface area contributed by atoms with Gasteiger partial charge in [0.2, 0.25) is 17.7 Å². The van der Waals surface area contributed by atoms with Crippen LogP contribution in [0.2, 0.25) is 0 Å². The molecule has 0 aromatic carbocycles. The fourth-order valence-electron chi connectivity index (χ4n) is 3.78. The molecule has 11 heteroatoms. The molecular formula is C25H42N4O7. The van der Waals surface area contributed by atoms with E-state index in [0.717, 1.165) is 6.08 Å². The van der Waals surface area contributed by atoms with Crippen molar-refractivity contribution >= 4 is 29.8 Å². The van der Waals surface area contributed by atoms with Crippen LogP contribution in [0.4, 0.5) is 4.79 Å². The minimum atomic E-state index is -1.18. The lowest BCUT2D eigenvalue weighted by molar-refractivity contribution is -0.131. The molecule has 0 spiro atoms. The molecule has 4 atom stereocenters. The van der Waals surface area contributed by atoms with Gasteiger partial charge in [0, 0.05) is 24.6 Å². The van der Waals surface area contributed by atoms with E-state index in [2.05, 4.69) is 21.3 Å². The normalized spacial score (nSPS) is 18.5. The predicted molar refractivity (Wildman–Crippen MR) is 134 cm³/mol. The third-order valence-corrected chi connectivity index (χ3v) is 5.46. The SMILES string of the molecule is CC(C)CC(NC(=O)C(NC(=O)OC(C)(C)C)C(C)C)C(=O)NC(C=CC(=O)O)CC1CCNC1=O. The number of hydrogen-bond donors (Lipinski definition) is 5. The van der Waals surface area contributed by atoms with Crippen molar-refractivity contribution in [3.8, 4) is 0 Å². The smallest absolute Gasteiger partial charge is 0.408 e. The Balaban J connectivity index is 3.00. The van der Waals surface area contributed by atoms with Crippen molar-refractivity contribution in [3.63, 3.8) is 0 Å². The fourth-order valence-corrected chi connectivity index (χ4v) is 3.78. The highest BCUT2D eigenvalue weighted by molar-refractivity contribution is 5.91. The standard InChI is InChI=1S/C25H42N4O7/c1-14(2)12-18(28-23(34)20(15(3)4)29-24(35)36-25(5,6)7)22(33)27-17(8-9-19(30)31)13-16-10-11-26-21(16)32/h8-9,14-18,20H,10-13H2,1-7H3,(H,26,32)(H,27,33)(H,28,34)(H,29,35)(H,30,31). The lowest BCUT2D eigenvalue weighted by Crippen LogP contribution is -2.57. The highest BCUT2D eigenvalue weighted by Gasteiger charge is 2.32. The summed E-state index contributed by atoms with van der Waals surface area (Å²) in [4.78, 5) is 61.6. The molecule has 0 saturated carbocycles. The summed E-state index contributed by atoms with van der Waals surface area (Å²) in [6.07, 6.45) is 2.65. The van der Waals surface area contributed by atoms with Gasteiger partial charge < -0.3 is 31.1 Å². The van der Waals surface area contributed by atoms with Crippen LogP contribution in [0.15, 0.2) is 12.2 Å². The van der Waals surface area contributed by atoms with Crippen LogP contribution in [0.3, 0.4) is 0 Å². The van der Waals surface area contributed by atoms with Gasteiger partial charge in [-0.15, -0.1) is 0 Å². The molecule has 0 aromatic rings. The summed E-state index contributed by atoms with van der Waals surface area (Å²) in [5.41, 5.74) is -0.739. The van der Waals surface area contributed by atoms with E-state index < -0.39 is 47.6 Å². The number of ether oxygens (including phenoxy) is 1. The average Bonchev–Trinajstić information content (AvgIpc) is 3.12. The van der Waals surface area contributed by atoms with Crippen LogP contribution in [0, 0.1) is 17.8 Å². The monoisotopic (exact) mass is 510 g/mol. The Kier molecular flexibility index (Phi) is 11.9. The van der Waals surface area contributed by atoms with E-state index in [-0.39, 0.29) is 30.1 Å². The van der Waals surface area contributed by atoms with Crippen molar-refractivity contribution in [1.82, 2.24) is 21.3 Å². The van der Waals surface area contributed by atoms with E-state index in [1.807, 2.05) is 13.8 Å². The number of carbonyl (C=O) groups excluding carboxylic acids is 4. The van der Waals surface area contributed by atoms with E-state index in [1.54, 1.807) is 34.6 Å². The Bertz CT molecular complexity index is 833. The minimum Gasteiger partial charge on any atom is -0.478 e. The lowest BCUT2D eigenvalue weighted by atomic mass is 9.96. The number of aliphatic carboxylic acids is 1. The maximum Gasteiger partial charge on any atom is 0.408 e. The molecule has 4 amide bonds. The van der Waals surface area contributed by atoms with Gasteiger partial charge in [-0.05, 0) is 51.9 Å². The summed E-state index contributed by atoms with van der Waals surface area (Å²) < 4.78 is 5.26. The van der Waals surface area contributed by atoms with Crippen LogP contribution in [0.5, 0.6) is 0 Å². The fraction of sp³-hybridized carbons (Fsp3) is 0.720. The van der Waals surface area contributed by atoms with Gasteiger partial charge in [-0.2, -0.15) is 0 Å². The molecule has 4 unspecified atom stereocenters. The van der Waals surface area contributed by atoms with E-state index >= 15 is 0 Å². The summed E-state index contributed by atoms with van der Waals surface area (Å²) in [5.74, 6) is -2.95. The summed E-state index contributed by atoms with van der Waals surface area (Å²) >= 11 is 0. The van der Waals surface area contributed by atoms with Crippen LogP contribution < -0.4 is 21.3 Å². The maximum absolute atomic E-state index is 13.2. The number of carbonyl (C=O) groups is 5. The van der Waals surface area contributed by atoms with Crippen LogP contribution in [0.25, 0.3) is 0 Å². The quantitative estimate of drug-likeness (QED) is 0.250. The average molecular weight is 511 g/mol. The van der Waals surface area contributed by atoms with Gasteiger partial charge in [0.25, 0.3) is 0 Å². The first-order valence-electron chi connectivity index (χ1n) is 12.4. The van der Waals surface area contributed by atoms with Gasteiger partial charge in [0.15, 0.2) is 0 Å². The summed E-state index contributed by atoms with van der Waals surface area (Å²) in [7, 11) is 0. The number of carboxylic acid groups (broad SMARTS) is 1. The molecule has 1 aliphatic rings. The Labute approximate surface area is 213 Å². The van der Waals surface area contributed by atoms with Crippen LogP contribution in [0.1, 0.15) is 67.7 Å². The second kappa shape index (κ2) is 13.8. The van der Waals surface area contributed by atoms with Crippen LogP contribution in [-0.4, -0.2) is 65.2 Å². The third kappa shape index (κ3) is 11.5. The van der Waals surface area contributed by atoms with Gasteiger partial charge in [-0.25, -0.2) is 9.59 Å². The lowest BCUT2D eigenvalue weighted by Gasteiger charge is -2.28. The number of rotatable bonds is 12. The molecule has 0 radical (unpaired) electrons. The molecule has 0 bridgehead atoms. The summed E-state index contributed by atoms with van der Waals surface area (Å²) in [5, 5.41) is 19.8. The van der Waals surface area contributed by atoms with Gasteiger partial charge in [0.1, 0.15) is 17.7 Å². The molecule has 204 valence electrons. The van der Waals surface area contributed by atoms with Crippen molar-refractivity contribution in [2.75, 3.05) is 6.54 Å². The number of hydrogen-bond acceptors (Lipinski definition) is 6. The van der Waals surface area contributed by atoms with E-state index in [4.69, 9.17) is 9.84 Å². The Morgan fingerprint density at radius 1 is 1.08 bits per heavy atom. The highest BCUT2D eigenvalue weighted by Crippen LogP contribution is 2.17. The largest absolute Gasteiger partial charge is 0.478 e. The van der Waals surface area contributed by atoms with Gasteiger partial charge in [0.05, 0.1) is 0 Å². The third-order valence-electron chi connectivity index (χ3n) is 5.46. The van der Waals surface area contributed by atoms with E-state index in [0.29, 0.717) is 19.4 Å². The highest BCUT2D eigenvalue weighted by atomic mass is 16.6. The van der Waals surface area contributed by atoms with Crippen molar-refractivity contribution in [2.45, 2.75) is 91.5 Å². The first kappa shape index (κ1) is 30.9. The van der Waals surface area contributed by atoms with Gasteiger partial charge in [-0.1, -0.05) is 33.8 Å². The van der Waals surface area contributed by atoms with Crippen molar-refractivity contribution in [3.05, 3.63) is 12.2 Å². The second-order valence-electron chi connectivity index (χ2n) is 10.9. The molecule has 1 heterocycles. The molecule has 1 fully saturated rings. The molecule has 0 aromatic heterocycles. The number of nitrogens with one attached hydrogen (secondary N) is 4. The zero-order valence-corrected chi connectivity index (χ0v) is 22.3. The first-order chi connectivity index (χ1) is 16.6. The zero-order chi connectivity index (χ0) is 27.6. The van der Waals surface area contributed by atoms with Crippen molar-refractivity contribution in [1.29, 1.82) is 0 Å². The van der Waals surface area contributed by atoms with Gasteiger partial charge in [-0.3, -0.25) is 14.4 Å². The molecular weight excluding hydrogens is 468 g/mol. The van der Waals surface area contributed by atoms with Crippen molar-refractivity contribution < 1.29 is 33.8 Å². The molecule has 1 rings (SSSR count). The Hall–Kier alpha value is -3.11. The van der Waals surface area contributed by atoms with Crippen molar-refractivity contribution in [2.24, 2.45) is 17.8 Å². The summed E-state index contributed by atoms with van der Waals surface area (Å²) in [6.45, 7) is 13.0. The number of amides is 4. The Morgan fingerprint density at radius 2 is 1.72 bits per heavy atom. The van der Waals surface area contributed by atoms with Gasteiger partial charge >= 0.3 is 12.1 Å². The van der Waals surface area contributed by atoms with Crippen LogP contribution in [-0.2, 0) is 23.9 Å². The van der Waals surface area contributed by atoms with Crippen LogP contribution >= 0.6 is 0 Å². The second-order valence-corrected chi connectivity index (χ2v) is 10.9. The zero-order valence-electron chi connectivity index (χ0n) is 22.3. The minimum absolute atomic E-state index is 0.0472. The number of carboxylic acids is 1.